The van der Waals surface area contributed by atoms with Crippen molar-refractivity contribution in [1.29, 1.82) is 0 Å². The van der Waals surface area contributed by atoms with Gasteiger partial charge < -0.3 is 14.6 Å². The highest BCUT2D eigenvalue weighted by atomic mass is 16.5. The maximum Gasteiger partial charge on any atom is 0.295 e. The van der Waals surface area contributed by atoms with E-state index in [2.05, 4.69) is 5.32 Å². The van der Waals surface area contributed by atoms with Gasteiger partial charge >= 0.3 is 0 Å². The Hall–Kier alpha value is -3.55. The fourth-order valence-corrected chi connectivity index (χ4v) is 2.84. The van der Waals surface area contributed by atoms with Gasteiger partial charge in [0.2, 0.25) is 5.91 Å². The van der Waals surface area contributed by atoms with Crippen LogP contribution in [0.15, 0.2) is 58.3 Å². The summed E-state index contributed by atoms with van der Waals surface area (Å²) < 4.78 is 9.34. The summed E-state index contributed by atoms with van der Waals surface area (Å²) in [6.45, 7) is 1.52. The lowest BCUT2D eigenvalue weighted by Gasteiger charge is -2.08. The molecule has 0 fully saturated rings. The summed E-state index contributed by atoms with van der Waals surface area (Å²) in [6.07, 6.45) is 1.49. The van der Waals surface area contributed by atoms with Crippen LogP contribution < -0.4 is 21.2 Å². The molecule has 0 spiro atoms. The topological polar surface area (TPSA) is 87.3 Å². The third kappa shape index (κ3) is 3.41. The molecule has 0 bridgehead atoms. The van der Waals surface area contributed by atoms with Crippen LogP contribution in [0.5, 0.6) is 5.75 Å². The summed E-state index contributed by atoms with van der Waals surface area (Å²) in [5, 5.41) is 2.63. The second-order valence-electron chi connectivity index (χ2n) is 5.99. The summed E-state index contributed by atoms with van der Waals surface area (Å²) in [4.78, 5) is 37.4. The number of methoxy groups -OCH3 is 1. The van der Waals surface area contributed by atoms with Gasteiger partial charge in [-0.3, -0.25) is 19.1 Å². The molecule has 140 valence electrons. The molecule has 1 aromatic carbocycles. The van der Waals surface area contributed by atoms with Gasteiger partial charge in [-0.05, 0) is 31.2 Å². The molecule has 8 nitrogen and oxygen atoms in total. The maximum atomic E-state index is 12.8. The van der Waals surface area contributed by atoms with Crippen molar-refractivity contribution in [2.24, 2.45) is 7.05 Å². The largest absolute Gasteiger partial charge is 0.491 e. The van der Waals surface area contributed by atoms with Gasteiger partial charge in [0.1, 0.15) is 12.2 Å². The maximum absolute atomic E-state index is 12.8. The first-order chi connectivity index (χ1) is 12.9. The monoisotopic (exact) mass is 368 g/mol. The number of nitrogens with zero attached hydrogens (tertiary/aromatic N) is 3. The zero-order chi connectivity index (χ0) is 19.6. The van der Waals surface area contributed by atoms with E-state index in [9.17, 15) is 14.4 Å². The smallest absolute Gasteiger partial charge is 0.295 e. The van der Waals surface area contributed by atoms with Crippen LogP contribution in [0.1, 0.15) is 5.69 Å². The number of nitrogens with one attached hydrogen (secondary N) is 1. The van der Waals surface area contributed by atoms with Crippen LogP contribution in [0.4, 0.5) is 5.69 Å². The van der Waals surface area contributed by atoms with Crippen LogP contribution in [0.25, 0.3) is 5.69 Å². The molecule has 0 saturated heterocycles. The van der Waals surface area contributed by atoms with E-state index in [-0.39, 0.29) is 23.5 Å². The highest BCUT2D eigenvalue weighted by Crippen LogP contribution is 2.14. The molecule has 2 aromatic heterocycles. The zero-order valence-electron chi connectivity index (χ0n) is 15.3. The van der Waals surface area contributed by atoms with Crippen LogP contribution in [0.3, 0.4) is 0 Å². The van der Waals surface area contributed by atoms with Crippen molar-refractivity contribution in [3.63, 3.8) is 0 Å². The highest BCUT2D eigenvalue weighted by molar-refractivity contribution is 5.91. The zero-order valence-corrected chi connectivity index (χ0v) is 15.3. The number of pyridine rings is 1. The van der Waals surface area contributed by atoms with Crippen molar-refractivity contribution in [3.05, 3.63) is 75.1 Å². The number of para-hydroxylation sites is 1. The Labute approximate surface area is 155 Å². The van der Waals surface area contributed by atoms with Crippen LogP contribution in [0, 0.1) is 6.92 Å². The number of amides is 1. The molecule has 0 unspecified atom stereocenters. The van der Waals surface area contributed by atoms with E-state index in [1.807, 2.05) is 30.3 Å². The van der Waals surface area contributed by atoms with Crippen LogP contribution in [-0.4, -0.2) is 26.9 Å². The summed E-state index contributed by atoms with van der Waals surface area (Å²) in [6, 6.07) is 12.3. The molecule has 0 radical (unpaired) electrons. The average Bonchev–Trinajstić information content (AvgIpc) is 2.87. The minimum atomic E-state index is -0.476. The predicted molar refractivity (Wildman–Crippen MR) is 102 cm³/mol. The molecule has 0 atom stereocenters. The molecule has 1 amide bonds. The van der Waals surface area contributed by atoms with E-state index in [1.54, 1.807) is 24.7 Å². The first-order valence-electron chi connectivity index (χ1n) is 8.31. The molecule has 0 saturated carbocycles. The molecular formula is C19H20N4O4. The number of carbonyl (C=O) groups excluding carboxylic acids is 1. The minimum absolute atomic E-state index is 0.146. The molecular weight excluding hydrogens is 348 g/mol. The fourth-order valence-electron chi connectivity index (χ4n) is 2.84. The van der Waals surface area contributed by atoms with Crippen LogP contribution >= 0.6 is 0 Å². The van der Waals surface area contributed by atoms with Crippen molar-refractivity contribution in [2.75, 3.05) is 12.4 Å². The summed E-state index contributed by atoms with van der Waals surface area (Å²) in [7, 11) is 3.13. The predicted octanol–water partition coefficient (Wildman–Crippen LogP) is 1.29. The summed E-state index contributed by atoms with van der Waals surface area (Å²) >= 11 is 0. The molecule has 27 heavy (non-hydrogen) atoms. The molecule has 1 N–H and O–H groups in total. The molecule has 3 aromatic rings. The number of aromatic nitrogens is 3. The lowest BCUT2D eigenvalue weighted by atomic mass is 10.3. The number of benzene rings is 1. The first kappa shape index (κ1) is 18.2. The lowest BCUT2D eigenvalue weighted by molar-refractivity contribution is -0.116. The van der Waals surface area contributed by atoms with Gasteiger partial charge in [0, 0.05) is 13.2 Å². The van der Waals surface area contributed by atoms with Crippen molar-refractivity contribution in [1.82, 2.24) is 13.9 Å². The van der Waals surface area contributed by atoms with E-state index < -0.39 is 11.5 Å². The van der Waals surface area contributed by atoms with Crippen LogP contribution in [-0.2, 0) is 18.4 Å². The van der Waals surface area contributed by atoms with Gasteiger partial charge in [-0.1, -0.05) is 18.2 Å². The van der Waals surface area contributed by atoms with Crippen molar-refractivity contribution in [3.8, 4) is 11.4 Å². The van der Waals surface area contributed by atoms with Crippen LogP contribution in [0.2, 0.25) is 0 Å². The first-order valence-corrected chi connectivity index (χ1v) is 8.31. The number of ether oxygens (including phenoxy) is 1. The van der Waals surface area contributed by atoms with E-state index in [0.717, 1.165) is 0 Å². The number of carbonyl (C=O) groups is 1. The van der Waals surface area contributed by atoms with E-state index in [4.69, 9.17) is 4.74 Å². The third-order valence-electron chi connectivity index (χ3n) is 4.34. The van der Waals surface area contributed by atoms with Gasteiger partial charge in [-0.15, -0.1) is 0 Å². The standard InChI is InChI=1S/C19H20N4O4/c1-13-17(19(26)23(21(13)2)14-8-5-4-6-9-14)20-16(24)12-22-11-7-10-15(27-3)18(22)25/h4-11H,12H2,1-3H3,(H,20,24). The Kier molecular flexibility index (Phi) is 4.98. The second kappa shape index (κ2) is 7.36. The quantitative estimate of drug-likeness (QED) is 0.735. The Morgan fingerprint density at radius 1 is 1.07 bits per heavy atom. The van der Waals surface area contributed by atoms with Crippen molar-refractivity contribution < 1.29 is 9.53 Å². The van der Waals surface area contributed by atoms with Gasteiger partial charge in [0.05, 0.1) is 18.5 Å². The van der Waals surface area contributed by atoms with Gasteiger partial charge in [-0.25, -0.2) is 4.68 Å². The highest BCUT2D eigenvalue weighted by Gasteiger charge is 2.18. The van der Waals surface area contributed by atoms with Crippen molar-refractivity contribution >= 4 is 11.6 Å². The second-order valence-corrected chi connectivity index (χ2v) is 5.99. The molecule has 8 heteroatoms. The minimum Gasteiger partial charge on any atom is -0.491 e. The average molecular weight is 368 g/mol. The summed E-state index contributed by atoms with van der Waals surface area (Å²) in [5.41, 5.74) is 0.726. The Bertz CT molecular complexity index is 1090. The molecule has 0 aliphatic heterocycles. The normalized spacial score (nSPS) is 10.6. The van der Waals surface area contributed by atoms with Gasteiger partial charge in [-0.2, -0.15) is 0 Å². The molecule has 3 rings (SSSR count). The fraction of sp³-hybridized carbons (Fsp3) is 0.211. The Morgan fingerprint density at radius 3 is 2.44 bits per heavy atom. The number of hydrogen-bond acceptors (Lipinski definition) is 4. The van der Waals surface area contributed by atoms with E-state index >= 15 is 0 Å². The van der Waals surface area contributed by atoms with Crippen molar-refractivity contribution in [2.45, 2.75) is 13.5 Å². The number of rotatable bonds is 5. The SMILES string of the molecule is COc1cccn(CC(=O)Nc2c(C)n(C)n(-c3ccccc3)c2=O)c1=O. The number of anilines is 1. The Balaban J connectivity index is 1.90. The Morgan fingerprint density at radius 2 is 1.78 bits per heavy atom. The molecule has 2 heterocycles. The van der Waals surface area contributed by atoms with E-state index in [0.29, 0.717) is 11.4 Å². The molecule has 0 aliphatic carbocycles. The van der Waals surface area contributed by atoms with E-state index in [1.165, 1.54) is 28.6 Å². The lowest BCUT2D eigenvalue weighted by Crippen LogP contribution is -2.29. The van der Waals surface area contributed by atoms with Gasteiger partial charge in [0.15, 0.2) is 5.75 Å². The van der Waals surface area contributed by atoms with Gasteiger partial charge in [0.25, 0.3) is 11.1 Å². The molecule has 0 aliphatic rings. The number of hydrogen-bond donors (Lipinski definition) is 1. The summed E-state index contributed by atoms with van der Waals surface area (Å²) in [5.74, 6) is -0.330. The third-order valence-corrected chi connectivity index (χ3v) is 4.34.